The predicted molar refractivity (Wildman–Crippen MR) is 79.8 cm³/mol. The van der Waals surface area contributed by atoms with Gasteiger partial charge in [-0.3, -0.25) is 4.98 Å². The maximum Gasteiger partial charge on any atom is 0.129 e. The fourth-order valence-corrected chi connectivity index (χ4v) is 1.99. The third kappa shape index (κ3) is 2.88. The van der Waals surface area contributed by atoms with E-state index in [1.807, 2.05) is 44.4 Å². The van der Waals surface area contributed by atoms with Gasteiger partial charge in [0.15, 0.2) is 0 Å². The molecule has 3 nitrogen and oxygen atoms in total. The van der Waals surface area contributed by atoms with Gasteiger partial charge in [0.05, 0.1) is 0 Å². The molecule has 0 bridgehead atoms. The second kappa shape index (κ2) is 5.96. The second-order valence-electron chi connectivity index (χ2n) is 4.12. The molecule has 0 amide bonds. The molecule has 0 saturated heterocycles. The Labute approximate surface area is 113 Å². The van der Waals surface area contributed by atoms with Crippen molar-refractivity contribution in [2.45, 2.75) is 13.8 Å². The quantitative estimate of drug-likeness (QED) is 0.898. The summed E-state index contributed by atoms with van der Waals surface area (Å²) in [5, 5.41) is 2.96. The molecular formula is C16H17N3. The maximum atomic E-state index is 4.35. The van der Waals surface area contributed by atoms with Crippen LogP contribution in [-0.2, 0) is 0 Å². The van der Waals surface area contributed by atoms with Crippen LogP contribution in [0.3, 0.4) is 0 Å². The molecule has 0 unspecified atom stereocenters. The molecule has 2 aromatic heterocycles. The summed E-state index contributed by atoms with van der Waals surface area (Å²) in [6.45, 7) is 7.66. The van der Waals surface area contributed by atoms with Crippen LogP contribution in [0.25, 0.3) is 5.57 Å². The van der Waals surface area contributed by atoms with Crippen molar-refractivity contribution in [3.8, 4) is 0 Å². The normalized spacial score (nSPS) is 11.2. The zero-order chi connectivity index (χ0) is 13.7. The fourth-order valence-electron chi connectivity index (χ4n) is 1.99. The van der Waals surface area contributed by atoms with Crippen molar-refractivity contribution in [1.29, 1.82) is 0 Å². The first kappa shape index (κ1) is 13.0. The Morgan fingerprint density at radius 1 is 1.26 bits per heavy atom. The van der Waals surface area contributed by atoms with Crippen molar-refractivity contribution >= 4 is 11.4 Å². The van der Waals surface area contributed by atoms with Crippen molar-refractivity contribution in [2.24, 2.45) is 0 Å². The van der Waals surface area contributed by atoms with Gasteiger partial charge in [-0.1, -0.05) is 18.7 Å². The summed E-state index contributed by atoms with van der Waals surface area (Å²) in [5.74, 6) is 0.789. The Kier molecular flexibility index (Phi) is 4.08. The minimum Gasteiger partial charge on any atom is -0.347 e. The average molecular weight is 251 g/mol. The van der Waals surface area contributed by atoms with Gasteiger partial charge in [0.2, 0.25) is 0 Å². The molecule has 0 aromatic carbocycles. The van der Waals surface area contributed by atoms with E-state index in [1.165, 1.54) is 0 Å². The number of aromatic nitrogens is 2. The van der Waals surface area contributed by atoms with Crippen LogP contribution in [0.5, 0.6) is 0 Å². The van der Waals surface area contributed by atoms with E-state index in [1.54, 1.807) is 6.20 Å². The molecule has 0 radical (unpaired) electrons. The molecule has 3 heteroatoms. The van der Waals surface area contributed by atoms with Crippen LogP contribution in [-0.4, -0.2) is 9.97 Å². The van der Waals surface area contributed by atoms with Gasteiger partial charge >= 0.3 is 0 Å². The summed E-state index contributed by atoms with van der Waals surface area (Å²) in [4.78, 5) is 8.68. The van der Waals surface area contributed by atoms with Crippen molar-refractivity contribution in [3.63, 3.8) is 0 Å². The second-order valence-corrected chi connectivity index (χ2v) is 4.12. The molecule has 2 aromatic rings. The molecule has 96 valence electrons. The monoisotopic (exact) mass is 251 g/mol. The summed E-state index contributed by atoms with van der Waals surface area (Å²) in [5.41, 5.74) is 4.37. The van der Waals surface area contributed by atoms with Gasteiger partial charge in [0.25, 0.3) is 0 Å². The highest BCUT2D eigenvalue weighted by molar-refractivity contribution is 5.80. The Balaban J connectivity index is 2.38. The van der Waals surface area contributed by atoms with E-state index in [-0.39, 0.29) is 0 Å². The van der Waals surface area contributed by atoms with Crippen LogP contribution in [0.2, 0.25) is 0 Å². The number of allylic oxidation sites excluding steroid dienone is 1. The number of hydrogen-bond acceptors (Lipinski definition) is 3. The number of hydrogen-bond donors (Lipinski definition) is 1. The number of rotatable bonds is 4. The van der Waals surface area contributed by atoms with E-state index >= 15 is 0 Å². The van der Waals surface area contributed by atoms with E-state index in [4.69, 9.17) is 0 Å². The average Bonchev–Trinajstić information content (AvgIpc) is 2.44. The lowest BCUT2D eigenvalue weighted by molar-refractivity contribution is 1.18. The number of aryl methyl sites for hydroxylation is 1. The van der Waals surface area contributed by atoms with Crippen molar-refractivity contribution in [3.05, 3.63) is 72.3 Å². The van der Waals surface area contributed by atoms with Crippen LogP contribution >= 0.6 is 0 Å². The van der Waals surface area contributed by atoms with Crippen molar-refractivity contribution in [2.75, 3.05) is 5.32 Å². The standard InChI is InChI=1S/C16H17N3/c1-4-14(15-7-6-10-18-12(15)3)13-8-9-16(17-5-2)19-11-13/h4-11H,2H2,1,3H3,(H,17,19)/b14-4-. The van der Waals surface area contributed by atoms with E-state index < -0.39 is 0 Å². The summed E-state index contributed by atoms with van der Waals surface area (Å²) in [6, 6.07) is 8.01. The minimum absolute atomic E-state index is 0.789. The summed E-state index contributed by atoms with van der Waals surface area (Å²) < 4.78 is 0. The molecule has 0 aliphatic heterocycles. The van der Waals surface area contributed by atoms with Gasteiger partial charge in [-0.2, -0.15) is 0 Å². The third-order valence-corrected chi connectivity index (χ3v) is 2.91. The van der Waals surface area contributed by atoms with E-state index in [0.29, 0.717) is 0 Å². The Bertz CT molecular complexity index is 598. The molecule has 0 fully saturated rings. The molecule has 0 spiro atoms. The minimum atomic E-state index is 0.789. The number of nitrogens with zero attached hydrogens (tertiary/aromatic N) is 2. The highest BCUT2D eigenvalue weighted by Gasteiger charge is 2.07. The Hall–Kier alpha value is -2.42. The molecule has 0 atom stereocenters. The summed E-state index contributed by atoms with van der Waals surface area (Å²) >= 11 is 0. The first-order valence-electron chi connectivity index (χ1n) is 6.18. The highest BCUT2D eigenvalue weighted by atomic mass is 15.0. The fraction of sp³-hybridized carbons (Fsp3) is 0.125. The smallest absolute Gasteiger partial charge is 0.129 e. The topological polar surface area (TPSA) is 37.8 Å². The molecule has 0 saturated carbocycles. The Morgan fingerprint density at radius 3 is 2.68 bits per heavy atom. The largest absolute Gasteiger partial charge is 0.347 e. The van der Waals surface area contributed by atoms with Crippen LogP contribution in [0, 0.1) is 6.92 Å². The third-order valence-electron chi connectivity index (χ3n) is 2.91. The molecular weight excluding hydrogens is 234 g/mol. The van der Waals surface area contributed by atoms with Crippen LogP contribution < -0.4 is 5.32 Å². The number of anilines is 1. The van der Waals surface area contributed by atoms with Gasteiger partial charge < -0.3 is 5.32 Å². The first-order chi connectivity index (χ1) is 9.26. The molecule has 0 aliphatic rings. The molecule has 1 N–H and O–H groups in total. The highest BCUT2D eigenvalue weighted by Crippen LogP contribution is 2.25. The summed E-state index contributed by atoms with van der Waals surface area (Å²) in [7, 11) is 0. The summed E-state index contributed by atoms with van der Waals surface area (Å²) in [6.07, 6.45) is 7.36. The van der Waals surface area contributed by atoms with E-state index in [2.05, 4.69) is 34.0 Å². The van der Waals surface area contributed by atoms with Crippen molar-refractivity contribution < 1.29 is 0 Å². The van der Waals surface area contributed by atoms with E-state index in [9.17, 15) is 0 Å². The van der Waals surface area contributed by atoms with Crippen LogP contribution in [0.1, 0.15) is 23.7 Å². The van der Waals surface area contributed by atoms with Crippen molar-refractivity contribution in [1.82, 2.24) is 9.97 Å². The lowest BCUT2D eigenvalue weighted by atomic mass is 9.98. The lowest BCUT2D eigenvalue weighted by Gasteiger charge is -2.10. The lowest BCUT2D eigenvalue weighted by Crippen LogP contribution is -1.96. The van der Waals surface area contributed by atoms with Gasteiger partial charge in [-0.05, 0) is 43.8 Å². The Morgan fingerprint density at radius 2 is 2.11 bits per heavy atom. The molecule has 2 heterocycles. The molecule has 19 heavy (non-hydrogen) atoms. The molecule has 2 rings (SSSR count). The molecule has 0 aliphatic carbocycles. The van der Waals surface area contributed by atoms with Gasteiger partial charge in [0, 0.05) is 29.2 Å². The zero-order valence-electron chi connectivity index (χ0n) is 11.2. The predicted octanol–water partition coefficient (Wildman–Crippen LogP) is 3.79. The zero-order valence-corrected chi connectivity index (χ0v) is 11.2. The first-order valence-corrected chi connectivity index (χ1v) is 6.18. The number of pyridine rings is 2. The van der Waals surface area contributed by atoms with E-state index in [0.717, 1.165) is 28.2 Å². The van der Waals surface area contributed by atoms with Crippen LogP contribution in [0.15, 0.2) is 55.5 Å². The van der Waals surface area contributed by atoms with Gasteiger partial charge in [-0.15, -0.1) is 0 Å². The van der Waals surface area contributed by atoms with Crippen LogP contribution in [0.4, 0.5) is 5.82 Å². The van der Waals surface area contributed by atoms with Gasteiger partial charge in [0.1, 0.15) is 5.82 Å². The maximum absolute atomic E-state index is 4.35. The number of nitrogens with one attached hydrogen (secondary N) is 1. The SMILES string of the molecule is C=CNc1ccc(/C(=C/C)c2cccnc2C)cn1. The van der Waals surface area contributed by atoms with Gasteiger partial charge in [-0.25, -0.2) is 4.98 Å².